The highest BCUT2D eigenvalue weighted by Crippen LogP contribution is 2.12. The molecule has 0 radical (unpaired) electrons. The van der Waals surface area contributed by atoms with Gasteiger partial charge in [-0.3, -0.25) is 5.10 Å². The van der Waals surface area contributed by atoms with E-state index in [0.717, 1.165) is 51.4 Å². The molecule has 1 fully saturated rings. The van der Waals surface area contributed by atoms with Crippen molar-refractivity contribution in [3.8, 4) is 0 Å². The van der Waals surface area contributed by atoms with E-state index in [9.17, 15) is 0 Å². The van der Waals surface area contributed by atoms with Crippen molar-refractivity contribution in [1.29, 1.82) is 0 Å². The van der Waals surface area contributed by atoms with Crippen LogP contribution in [0, 0.1) is 13.8 Å². The number of aryl methyl sites for hydroxylation is 2. The van der Waals surface area contributed by atoms with Crippen molar-refractivity contribution in [1.82, 2.24) is 15.1 Å². The normalized spacial score (nSPS) is 20.1. The molecule has 2 heterocycles. The predicted octanol–water partition coefficient (Wildman–Crippen LogP) is 1.31. The molecule has 1 unspecified atom stereocenters. The van der Waals surface area contributed by atoms with Gasteiger partial charge in [0.1, 0.15) is 0 Å². The summed E-state index contributed by atoms with van der Waals surface area (Å²) in [4.78, 5) is 2.32. The highest BCUT2D eigenvalue weighted by molar-refractivity contribution is 5.23. The molecule has 1 atom stereocenters. The van der Waals surface area contributed by atoms with Crippen molar-refractivity contribution in [2.75, 3.05) is 40.0 Å². The average molecular weight is 267 g/mol. The molecule has 1 aromatic rings. The van der Waals surface area contributed by atoms with Crippen LogP contribution in [0.1, 0.15) is 23.4 Å². The van der Waals surface area contributed by atoms with E-state index in [1.807, 2.05) is 0 Å². The number of aromatic nitrogens is 2. The first-order chi connectivity index (χ1) is 9.16. The number of aromatic amines is 1. The Balaban J connectivity index is 1.67. The van der Waals surface area contributed by atoms with Crippen LogP contribution in [0.5, 0.6) is 0 Å². The molecule has 5 heteroatoms. The monoisotopic (exact) mass is 267 g/mol. The minimum atomic E-state index is 0.233. The van der Waals surface area contributed by atoms with Crippen molar-refractivity contribution in [3.63, 3.8) is 0 Å². The van der Waals surface area contributed by atoms with E-state index in [1.165, 1.54) is 11.3 Å². The lowest BCUT2D eigenvalue weighted by atomic mass is 10.1. The van der Waals surface area contributed by atoms with Gasteiger partial charge in [-0.1, -0.05) is 0 Å². The third-order valence-corrected chi connectivity index (χ3v) is 3.65. The quantitative estimate of drug-likeness (QED) is 0.844. The Morgan fingerprint density at radius 3 is 2.84 bits per heavy atom. The summed E-state index contributed by atoms with van der Waals surface area (Å²) in [5.41, 5.74) is 3.69. The Bertz CT molecular complexity index is 367. The summed E-state index contributed by atoms with van der Waals surface area (Å²) >= 11 is 0. The number of hydrogen-bond donors (Lipinski definition) is 1. The number of H-pyrrole nitrogens is 1. The maximum Gasteiger partial charge on any atom is 0.0936 e. The van der Waals surface area contributed by atoms with Crippen molar-refractivity contribution >= 4 is 0 Å². The van der Waals surface area contributed by atoms with E-state index in [4.69, 9.17) is 9.47 Å². The fourth-order valence-electron chi connectivity index (χ4n) is 2.55. The zero-order valence-electron chi connectivity index (χ0n) is 12.2. The molecule has 0 saturated carbocycles. The molecular formula is C14H25N3O2. The van der Waals surface area contributed by atoms with Crippen LogP contribution in [0.15, 0.2) is 0 Å². The maximum atomic E-state index is 5.66. The molecule has 0 amide bonds. The maximum absolute atomic E-state index is 5.66. The smallest absolute Gasteiger partial charge is 0.0936 e. The van der Waals surface area contributed by atoms with Gasteiger partial charge in [-0.25, -0.2) is 0 Å². The number of likely N-dealkylation sites (N-methyl/N-ethyl adjacent to an activating group) is 1. The average Bonchev–Trinajstić information content (AvgIpc) is 2.71. The summed E-state index contributed by atoms with van der Waals surface area (Å²) < 4.78 is 11.1. The van der Waals surface area contributed by atoms with Crippen molar-refractivity contribution in [2.45, 2.75) is 32.8 Å². The highest BCUT2D eigenvalue weighted by Gasteiger charge is 2.16. The fraction of sp³-hybridized carbons (Fsp3) is 0.786. The molecule has 5 nitrogen and oxygen atoms in total. The van der Waals surface area contributed by atoms with Crippen LogP contribution >= 0.6 is 0 Å². The van der Waals surface area contributed by atoms with E-state index < -0.39 is 0 Å². The van der Waals surface area contributed by atoms with E-state index in [2.05, 4.69) is 36.0 Å². The summed E-state index contributed by atoms with van der Waals surface area (Å²) in [5, 5.41) is 7.27. The highest BCUT2D eigenvalue weighted by atomic mass is 16.6. The molecule has 1 N–H and O–H groups in total. The van der Waals surface area contributed by atoms with Gasteiger partial charge in [-0.2, -0.15) is 5.10 Å². The van der Waals surface area contributed by atoms with Crippen LogP contribution in [-0.4, -0.2) is 61.2 Å². The molecule has 1 saturated heterocycles. The minimum Gasteiger partial charge on any atom is -0.376 e. The molecule has 19 heavy (non-hydrogen) atoms. The number of nitrogens with zero attached hydrogens (tertiary/aromatic N) is 2. The topological polar surface area (TPSA) is 50.4 Å². The van der Waals surface area contributed by atoms with Crippen LogP contribution < -0.4 is 0 Å². The third kappa shape index (κ3) is 4.30. The zero-order valence-corrected chi connectivity index (χ0v) is 12.2. The Labute approximate surface area is 115 Å². The van der Waals surface area contributed by atoms with Gasteiger partial charge in [0, 0.05) is 12.2 Å². The number of nitrogens with one attached hydrogen (secondary N) is 1. The molecule has 0 aromatic carbocycles. The third-order valence-electron chi connectivity index (χ3n) is 3.65. The van der Waals surface area contributed by atoms with E-state index >= 15 is 0 Å². The van der Waals surface area contributed by atoms with Crippen LogP contribution in [0.25, 0.3) is 0 Å². The predicted molar refractivity (Wildman–Crippen MR) is 74.4 cm³/mol. The minimum absolute atomic E-state index is 0.233. The van der Waals surface area contributed by atoms with Gasteiger partial charge in [0.15, 0.2) is 0 Å². The lowest BCUT2D eigenvalue weighted by molar-refractivity contribution is -0.0957. The standard InChI is InChI=1S/C14H25N3O2/c1-11-14(12(2)16-15-11)5-4-6-17(3)9-13-10-18-7-8-19-13/h13H,4-10H2,1-3H3,(H,15,16). The summed E-state index contributed by atoms with van der Waals surface area (Å²) in [7, 11) is 2.15. The fourth-order valence-corrected chi connectivity index (χ4v) is 2.55. The van der Waals surface area contributed by atoms with Gasteiger partial charge in [0.25, 0.3) is 0 Å². The summed E-state index contributed by atoms with van der Waals surface area (Å²) in [6.45, 7) is 8.37. The number of ether oxygens (including phenoxy) is 2. The molecule has 1 aromatic heterocycles. The van der Waals surface area contributed by atoms with Crippen LogP contribution in [0.2, 0.25) is 0 Å². The van der Waals surface area contributed by atoms with Crippen LogP contribution in [0.4, 0.5) is 0 Å². The van der Waals surface area contributed by atoms with Crippen molar-refractivity contribution < 1.29 is 9.47 Å². The molecule has 0 aliphatic carbocycles. The second kappa shape index (κ2) is 7.03. The molecule has 2 rings (SSSR count). The second-order valence-electron chi connectivity index (χ2n) is 5.35. The van der Waals surface area contributed by atoms with E-state index in [1.54, 1.807) is 0 Å². The van der Waals surface area contributed by atoms with Gasteiger partial charge in [-0.05, 0) is 45.8 Å². The second-order valence-corrected chi connectivity index (χ2v) is 5.35. The zero-order chi connectivity index (χ0) is 13.7. The van der Waals surface area contributed by atoms with Crippen molar-refractivity contribution in [2.24, 2.45) is 0 Å². The summed E-state index contributed by atoms with van der Waals surface area (Å²) in [6.07, 6.45) is 2.46. The van der Waals surface area contributed by atoms with Gasteiger partial charge < -0.3 is 14.4 Å². The summed E-state index contributed by atoms with van der Waals surface area (Å²) in [5.74, 6) is 0. The lowest BCUT2D eigenvalue weighted by Gasteiger charge is -2.27. The van der Waals surface area contributed by atoms with Gasteiger partial charge in [0.2, 0.25) is 0 Å². The number of rotatable bonds is 6. The van der Waals surface area contributed by atoms with Crippen LogP contribution in [-0.2, 0) is 15.9 Å². The van der Waals surface area contributed by atoms with Gasteiger partial charge in [-0.15, -0.1) is 0 Å². The Morgan fingerprint density at radius 1 is 1.37 bits per heavy atom. The Hall–Kier alpha value is -0.910. The Kier molecular flexibility index (Phi) is 5.36. The molecule has 1 aliphatic heterocycles. The molecule has 1 aliphatic rings. The number of hydrogen-bond acceptors (Lipinski definition) is 4. The molecular weight excluding hydrogens is 242 g/mol. The first-order valence-electron chi connectivity index (χ1n) is 7.05. The largest absolute Gasteiger partial charge is 0.376 e. The first kappa shape index (κ1) is 14.5. The van der Waals surface area contributed by atoms with E-state index in [-0.39, 0.29) is 6.10 Å². The Morgan fingerprint density at radius 2 is 2.21 bits per heavy atom. The first-order valence-corrected chi connectivity index (χ1v) is 7.05. The molecule has 0 bridgehead atoms. The van der Waals surface area contributed by atoms with Gasteiger partial charge in [0.05, 0.1) is 31.6 Å². The molecule has 108 valence electrons. The molecule has 0 spiro atoms. The van der Waals surface area contributed by atoms with E-state index in [0.29, 0.717) is 0 Å². The lowest BCUT2D eigenvalue weighted by Crippen LogP contribution is -2.38. The van der Waals surface area contributed by atoms with Crippen molar-refractivity contribution in [3.05, 3.63) is 17.0 Å². The van der Waals surface area contributed by atoms with Crippen LogP contribution in [0.3, 0.4) is 0 Å². The van der Waals surface area contributed by atoms with Gasteiger partial charge >= 0.3 is 0 Å². The SMILES string of the molecule is Cc1n[nH]c(C)c1CCCN(C)CC1COCCO1. The summed E-state index contributed by atoms with van der Waals surface area (Å²) in [6, 6.07) is 0.